The largest absolute Gasteiger partial charge is 0.395 e. The summed E-state index contributed by atoms with van der Waals surface area (Å²) in [5.41, 5.74) is 1.41. The summed E-state index contributed by atoms with van der Waals surface area (Å²) in [4.78, 5) is 40.8. The topological polar surface area (TPSA) is 108 Å². The predicted octanol–water partition coefficient (Wildman–Crippen LogP) is 0.728. The smallest absolute Gasteiger partial charge is 0.250 e. The lowest BCUT2D eigenvalue weighted by Gasteiger charge is -2.34. The molecule has 9 heteroatoms. The second-order valence-corrected chi connectivity index (χ2v) is 9.47. The Morgan fingerprint density at radius 3 is 2.57 bits per heavy atom. The first-order valence-electron chi connectivity index (χ1n) is 10.1. The van der Waals surface area contributed by atoms with Crippen LogP contribution in [0.4, 0.5) is 5.69 Å². The first kappa shape index (κ1) is 21.3. The number of nitrogens with zero attached hydrogens (tertiary/aromatic N) is 1. The minimum absolute atomic E-state index is 0.00334. The van der Waals surface area contributed by atoms with Gasteiger partial charge in [0.15, 0.2) is 0 Å². The van der Waals surface area contributed by atoms with Crippen molar-refractivity contribution < 1.29 is 24.2 Å². The highest BCUT2D eigenvalue weighted by Crippen LogP contribution is 2.60. The Labute approximate surface area is 183 Å². The number of amides is 3. The van der Waals surface area contributed by atoms with E-state index in [2.05, 4.69) is 26.6 Å². The number of halogens is 1. The van der Waals surface area contributed by atoms with E-state index in [9.17, 15) is 19.5 Å². The van der Waals surface area contributed by atoms with Gasteiger partial charge in [0, 0.05) is 24.1 Å². The van der Waals surface area contributed by atoms with Gasteiger partial charge in [0.1, 0.15) is 11.6 Å². The Morgan fingerprint density at radius 1 is 1.30 bits per heavy atom. The molecule has 3 N–H and O–H groups in total. The van der Waals surface area contributed by atoms with Gasteiger partial charge < -0.3 is 25.4 Å². The average molecular weight is 480 g/mol. The fraction of sp³-hybridized carbons (Fsp3) is 0.571. The van der Waals surface area contributed by atoms with Crippen LogP contribution in [0.1, 0.15) is 17.5 Å². The second-order valence-electron chi connectivity index (χ2n) is 8.29. The Kier molecular flexibility index (Phi) is 5.40. The van der Waals surface area contributed by atoms with Crippen molar-refractivity contribution in [2.24, 2.45) is 11.8 Å². The zero-order valence-corrected chi connectivity index (χ0v) is 18.7. The number of hydrogen-bond acceptors (Lipinski definition) is 5. The number of nitrogens with one attached hydrogen (secondary N) is 2. The van der Waals surface area contributed by atoms with Gasteiger partial charge in [-0.2, -0.15) is 0 Å². The van der Waals surface area contributed by atoms with E-state index in [1.165, 1.54) is 11.9 Å². The molecule has 2 bridgehead atoms. The molecule has 30 heavy (non-hydrogen) atoms. The number of hydrogen-bond donors (Lipinski definition) is 3. The van der Waals surface area contributed by atoms with Crippen LogP contribution in [-0.2, 0) is 19.1 Å². The summed E-state index contributed by atoms with van der Waals surface area (Å²) in [6.07, 6.45) is -0.0420. The number of likely N-dealkylation sites (tertiary alicyclic amines) is 1. The van der Waals surface area contributed by atoms with E-state index in [-0.39, 0.29) is 35.7 Å². The maximum absolute atomic E-state index is 13.5. The molecule has 1 spiro atoms. The number of anilines is 1. The van der Waals surface area contributed by atoms with Gasteiger partial charge in [0.25, 0.3) is 0 Å². The number of carbonyl (C=O) groups is 3. The van der Waals surface area contributed by atoms with Gasteiger partial charge in [-0.3, -0.25) is 14.4 Å². The lowest BCUT2D eigenvalue weighted by molar-refractivity contribution is -0.141. The van der Waals surface area contributed by atoms with Crippen LogP contribution in [0.3, 0.4) is 0 Å². The summed E-state index contributed by atoms with van der Waals surface area (Å²) in [6.45, 7) is 3.53. The summed E-state index contributed by atoms with van der Waals surface area (Å²) >= 11 is 3.59. The van der Waals surface area contributed by atoms with Gasteiger partial charge >= 0.3 is 0 Å². The Morgan fingerprint density at radius 2 is 1.97 bits per heavy atom. The van der Waals surface area contributed by atoms with Gasteiger partial charge in [-0.1, -0.05) is 34.1 Å². The zero-order valence-electron chi connectivity index (χ0n) is 17.1. The van der Waals surface area contributed by atoms with Crippen molar-refractivity contribution in [3.8, 4) is 0 Å². The molecule has 3 amide bonds. The number of para-hydroxylation sites is 1. The fourth-order valence-corrected chi connectivity index (χ4v) is 6.39. The number of aryl methyl sites for hydroxylation is 2. The van der Waals surface area contributed by atoms with E-state index in [0.717, 1.165) is 11.1 Å². The molecule has 3 aliphatic heterocycles. The maximum atomic E-state index is 13.5. The highest BCUT2D eigenvalue weighted by molar-refractivity contribution is 9.09. The molecule has 0 aliphatic carbocycles. The lowest BCUT2D eigenvalue weighted by Crippen LogP contribution is -2.54. The number of aliphatic hydroxyl groups excluding tert-OH is 1. The monoisotopic (exact) mass is 479 g/mol. The minimum atomic E-state index is -1.11. The van der Waals surface area contributed by atoms with E-state index in [0.29, 0.717) is 12.1 Å². The van der Waals surface area contributed by atoms with Crippen LogP contribution in [0.25, 0.3) is 0 Å². The van der Waals surface area contributed by atoms with E-state index in [1.807, 2.05) is 32.0 Å². The molecule has 0 aromatic heterocycles. The molecule has 6 atom stereocenters. The lowest BCUT2D eigenvalue weighted by atomic mass is 9.70. The third-order valence-electron chi connectivity index (χ3n) is 6.66. The minimum Gasteiger partial charge on any atom is -0.395 e. The molecule has 8 nitrogen and oxygen atoms in total. The molecular weight excluding hydrogens is 454 g/mol. The summed E-state index contributed by atoms with van der Waals surface area (Å²) in [5, 5.41) is 15.2. The maximum Gasteiger partial charge on any atom is 0.250 e. The normalized spacial score (nSPS) is 34.2. The van der Waals surface area contributed by atoms with Crippen molar-refractivity contribution >= 4 is 39.3 Å². The van der Waals surface area contributed by atoms with Crippen LogP contribution < -0.4 is 10.6 Å². The third-order valence-corrected chi connectivity index (χ3v) is 7.50. The van der Waals surface area contributed by atoms with Gasteiger partial charge in [-0.05, 0) is 31.4 Å². The number of rotatable bonds is 5. The summed E-state index contributed by atoms with van der Waals surface area (Å²) in [7, 11) is 1.53. The molecule has 3 fully saturated rings. The van der Waals surface area contributed by atoms with Crippen molar-refractivity contribution in [1.29, 1.82) is 0 Å². The van der Waals surface area contributed by atoms with Crippen molar-refractivity contribution in [3.05, 3.63) is 29.3 Å². The van der Waals surface area contributed by atoms with Crippen LogP contribution in [-0.4, -0.2) is 70.5 Å². The number of aliphatic hydroxyl groups is 1. The molecule has 4 rings (SSSR count). The number of β-amino-alcohol motifs (C(OH)–C–C–N with tert-alkyl or cyclic N) is 1. The quantitative estimate of drug-likeness (QED) is 0.539. The number of carbonyl (C=O) groups excluding carboxylic acids is 3. The molecule has 3 aliphatic rings. The molecule has 1 aromatic rings. The predicted molar refractivity (Wildman–Crippen MR) is 113 cm³/mol. The highest BCUT2D eigenvalue weighted by atomic mass is 79.9. The average Bonchev–Trinajstić information content (AvgIpc) is 3.28. The van der Waals surface area contributed by atoms with E-state index >= 15 is 0 Å². The molecule has 0 saturated carbocycles. The number of fused-ring (bicyclic) bond motifs is 1. The first-order chi connectivity index (χ1) is 14.3. The number of benzene rings is 1. The van der Waals surface area contributed by atoms with Crippen LogP contribution >= 0.6 is 15.9 Å². The number of ether oxygens (including phenoxy) is 1. The van der Waals surface area contributed by atoms with Crippen LogP contribution in [0.2, 0.25) is 0 Å². The summed E-state index contributed by atoms with van der Waals surface area (Å²) in [5.74, 6) is -2.39. The Hall–Kier alpha value is -1.97. The molecular formula is C21H26BrN3O5. The van der Waals surface area contributed by atoms with Gasteiger partial charge in [0.05, 0.1) is 24.5 Å². The molecule has 162 valence electrons. The standard InChI is InChI=1S/C21H26BrN3O5/c1-10-5-4-6-11(2)15(10)24-19(28)17-21-9-12(22)16(30-21)13(18(27)23-3)14(21)20(29)25(17)7-8-26/h4-6,12-14,16-17,26H,7-9H2,1-3H3,(H,23,27)(H,24,28)/t12?,13-,14+,16-,17?,21?/m1/s1. The molecule has 3 heterocycles. The zero-order chi connectivity index (χ0) is 21.8. The van der Waals surface area contributed by atoms with Crippen LogP contribution in [0.5, 0.6) is 0 Å². The van der Waals surface area contributed by atoms with Crippen molar-refractivity contribution in [2.45, 2.75) is 42.8 Å². The van der Waals surface area contributed by atoms with Crippen LogP contribution in [0, 0.1) is 25.7 Å². The molecule has 3 unspecified atom stereocenters. The molecule has 0 radical (unpaired) electrons. The van der Waals surface area contributed by atoms with Gasteiger partial charge in [0.2, 0.25) is 17.7 Å². The van der Waals surface area contributed by atoms with E-state index in [4.69, 9.17) is 4.74 Å². The first-order valence-corrected chi connectivity index (χ1v) is 11.0. The molecule has 1 aromatic carbocycles. The summed E-state index contributed by atoms with van der Waals surface area (Å²) < 4.78 is 6.30. The Bertz CT molecular complexity index is 888. The van der Waals surface area contributed by atoms with Gasteiger partial charge in [-0.15, -0.1) is 0 Å². The second kappa shape index (κ2) is 7.62. The van der Waals surface area contributed by atoms with E-state index in [1.54, 1.807) is 0 Å². The van der Waals surface area contributed by atoms with Crippen LogP contribution in [0.15, 0.2) is 18.2 Å². The SMILES string of the molecule is CNC(=O)[C@H]1[C@@H]2OC3(CC2Br)C(C(=O)Nc2c(C)cccc2C)N(CCO)C(=O)[C@H]13. The van der Waals surface area contributed by atoms with Gasteiger partial charge in [-0.25, -0.2) is 0 Å². The number of alkyl halides is 1. The fourth-order valence-electron chi connectivity index (χ4n) is 5.45. The highest BCUT2D eigenvalue weighted by Gasteiger charge is 2.76. The van der Waals surface area contributed by atoms with Crippen molar-refractivity contribution in [1.82, 2.24) is 10.2 Å². The Balaban J connectivity index is 1.75. The summed E-state index contributed by atoms with van der Waals surface area (Å²) in [6, 6.07) is 4.80. The van der Waals surface area contributed by atoms with Crippen molar-refractivity contribution in [2.75, 3.05) is 25.5 Å². The van der Waals surface area contributed by atoms with E-state index < -0.39 is 29.6 Å². The van der Waals surface area contributed by atoms with Crippen molar-refractivity contribution in [3.63, 3.8) is 0 Å². The third kappa shape index (κ3) is 2.90. The molecule has 3 saturated heterocycles.